The first kappa shape index (κ1) is 15.5. The van der Waals surface area contributed by atoms with Crippen LogP contribution in [-0.4, -0.2) is 32.7 Å². The minimum Gasteiger partial charge on any atom is -0.497 e. The van der Waals surface area contributed by atoms with Gasteiger partial charge in [0, 0.05) is 25.6 Å². The third-order valence-electron chi connectivity index (χ3n) is 4.05. The van der Waals surface area contributed by atoms with E-state index in [0.29, 0.717) is 12.5 Å². The third kappa shape index (κ3) is 3.51. The van der Waals surface area contributed by atoms with Crippen LogP contribution in [0.2, 0.25) is 0 Å². The van der Waals surface area contributed by atoms with Crippen molar-refractivity contribution in [2.75, 3.05) is 26.7 Å². The smallest absolute Gasteiger partial charge is 0.254 e. The van der Waals surface area contributed by atoms with Crippen molar-refractivity contribution < 1.29 is 13.9 Å². The lowest BCUT2D eigenvalue weighted by molar-refractivity contribution is 0.0938. The minimum absolute atomic E-state index is 0.0783. The van der Waals surface area contributed by atoms with Crippen LogP contribution in [0.1, 0.15) is 10.4 Å². The monoisotopic (exact) mass is 314 g/mol. The zero-order valence-electron chi connectivity index (χ0n) is 12.9. The average Bonchev–Trinajstić information content (AvgIpc) is 2.53. The molecule has 4 nitrogen and oxygen atoms in total. The summed E-state index contributed by atoms with van der Waals surface area (Å²) >= 11 is 0. The molecule has 1 saturated heterocycles. The Hall–Kier alpha value is -2.40. The first-order valence-electron chi connectivity index (χ1n) is 7.60. The first-order valence-corrected chi connectivity index (χ1v) is 7.60. The highest BCUT2D eigenvalue weighted by molar-refractivity contribution is 5.95. The van der Waals surface area contributed by atoms with Gasteiger partial charge in [0.2, 0.25) is 0 Å². The van der Waals surface area contributed by atoms with Crippen molar-refractivity contribution in [1.82, 2.24) is 10.6 Å². The molecule has 2 aromatic rings. The molecule has 0 aliphatic carbocycles. The highest BCUT2D eigenvalue weighted by atomic mass is 19.1. The number of hydrogen-bond donors (Lipinski definition) is 2. The van der Waals surface area contributed by atoms with Gasteiger partial charge in [0.15, 0.2) is 0 Å². The Labute approximate surface area is 134 Å². The van der Waals surface area contributed by atoms with Crippen molar-refractivity contribution in [3.05, 3.63) is 53.8 Å². The molecule has 0 aromatic heterocycles. The molecular formula is C18H19FN2O2. The number of nitrogens with one attached hydrogen (secondary N) is 2. The number of ether oxygens (including phenoxy) is 1. The maximum Gasteiger partial charge on any atom is 0.254 e. The predicted octanol–water partition coefficient (Wildman–Crippen LogP) is 2.45. The van der Waals surface area contributed by atoms with Crippen molar-refractivity contribution in [2.45, 2.75) is 0 Å². The normalized spacial score (nSPS) is 14.2. The van der Waals surface area contributed by atoms with Crippen molar-refractivity contribution >= 4 is 5.91 Å². The summed E-state index contributed by atoms with van der Waals surface area (Å²) < 4.78 is 19.4. The van der Waals surface area contributed by atoms with E-state index < -0.39 is 5.82 Å². The lowest BCUT2D eigenvalue weighted by atomic mass is 10.0. The van der Waals surface area contributed by atoms with E-state index in [0.717, 1.165) is 30.0 Å². The number of carbonyl (C=O) groups excluding carboxylic acids is 1. The number of rotatable bonds is 5. The molecular weight excluding hydrogens is 295 g/mol. The van der Waals surface area contributed by atoms with E-state index in [4.69, 9.17) is 4.74 Å². The molecule has 23 heavy (non-hydrogen) atoms. The summed E-state index contributed by atoms with van der Waals surface area (Å²) in [5.74, 6) is 0.314. The summed E-state index contributed by atoms with van der Waals surface area (Å²) in [5, 5.41) is 5.92. The number of benzene rings is 2. The maximum absolute atomic E-state index is 14.3. The van der Waals surface area contributed by atoms with E-state index in [-0.39, 0.29) is 11.5 Å². The molecule has 0 saturated carbocycles. The molecule has 120 valence electrons. The van der Waals surface area contributed by atoms with Gasteiger partial charge in [-0.2, -0.15) is 0 Å². The minimum atomic E-state index is -0.512. The SMILES string of the molecule is COc1ccc(-c2ccc(C(=O)NCC3CNC3)c(F)c2)cc1. The van der Waals surface area contributed by atoms with Gasteiger partial charge in [0.25, 0.3) is 5.91 Å². The quantitative estimate of drug-likeness (QED) is 0.891. The van der Waals surface area contributed by atoms with Crippen molar-refractivity contribution in [3.8, 4) is 16.9 Å². The molecule has 1 fully saturated rings. The van der Waals surface area contributed by atoms with Crippen LogP contribution >= 0.6 is 0 Å². The predicted molar refractivity (Wildman–Crippen MR) is 87.1 cm³/mol. The van der Waals surface area contributed by atoms with Gasteiger partial charge in [0.05, 0.1) is 12.7 Å². The second kappa shape index (κ2) is 6.79. The summed E-state index contributed by atoms with van der Waals surface area (Å²) in [5.41, 5.74) is 1.68. The van der Waals surface area contributed by atoms with Crippen LogP contribution in [0.15, 0.2) is 42.5 Å². The molecule has 1 amide bonds. The largest absolute Gasteiger partial charge is 0.497 e. The molecule has 0 spiro atoms. The standard InChI is InChI=1S/C18H19FN2O2/c1-23-15-5-2-13(3-6-15)14-4-7-16(17(19)8-14)18(22)21-11-12-9-20-10-12/h2-8,12,20H,9-11H2,1H3,(H,21,22). The maximum atomic E-state index is 14.3. The van der Waals surface area contributed by atoms with Gasteiger partial charge in [-0.15, -0.1) is 0 Å². The van der Waals surface area contributed by atoms with Crippen LogP contribution in [0.25, 0.3) is 11.1 Å². The summed E-state index contributed by atoms with van der Waals surface area (Å²) in [4.78, 5) is 12.1. The second-order valence-electron chi connectivity index (χ2n) is 5.66. The van der Waals surface area contributed by atoms with E-state index >= 15 is 0 Å². The Balaban J connectivity index is 1.72. The fraction of sp³-hybridized carbons (Fsp3) is 0.278. The Kier molecular flexibility index (Phi) is 4.57. The van der Waals surface area contributed by atoms with Gasteiger partial charge in [-0.25, -0.2) is 4.39 Å². The van der Waals surface area contributed by atoms with E-state index in [1.807, 2.05) is 24.3 Å². The number of methoxy groups -OCH3 is 1. The van der Waals surface area contributed by atoms with Crippen LogP contribution in [0.5, 0.6) is 5.75 Å². The van der Waals surface area contributed by atoms with Crippen molar-refractivity contribution in [2.24, 2.45) is 5.92 Å². The molecule has 0 atom stereocenters. The van der Waals surface area contributed by atoms with Gasteiger partial charge in [-0.3, -0.25) is 4.79 Å². The van der Waals surface area contributed by atoms with Gasteiger partial charge in [0.1, 0.15) is 11.6 Å². The van der Waals surface area contributed by atoms with Crippen LogP contribution in [-0.2, 0) is 0 Å². The Morgan fingerprint density at radius 1 is 1.22 bits per heavy atom. The van der Waals surface area contributed by atoms with E-state index in [1.165, 1.54) is 12.1 Å². The lowest BCUT2D eigenvalue weighted by Gasteiger charge is -2.27. The van der Waals surface area contributed by atoms with Crippen LogP contribution in [0.4, 0.5) is 4.39 Å². The topological polar surface area (TPSA) is 50.4 Å². The first-order chi connectivity index (χ1) is 11.2. The molecule has 0 bridgehead atoms. The molecule has 0 unspecified atom stereocenters. The lowest BCUT2D eigenvalue weighted by Crippen LogP contribution is -2.48. The third-order valence-corrected chi connectivity index (χ3v) is 4.05. The second-order valence-corrected chi connectivity index (χ2v) is 5.66. The van der Waals surface area contributed by atoms with Crippen LogP contribution in [0, 0.1) is 11.7 Å². The zero-order valence-corrected chi connectivity index (χ0v) is 12.9. The summed E-state index contributed by atoms with van der Waals surface area (Å²) in [6.07, 6.45) is 0. The molecule has 2 N–H and O–H groups in total. The molecule has 1 aliphatic heterocycles. The number of amides is 1. The van der Waals surface area contributed by atoms with E-state index in [2.05, 4.69) is 10.6 Å². The average molecular weight is 314 g/mol. The fourth-order valence-electron chi connectivity index (χ4n) is 2.49. The summed E-state index contributed by atoms with van der Waals surface area (Å²) in [6, 6.07) is 12.0. The molecule has 1 aliphatic rings. The van der Waals surface area contributed by atoms with E-state index in [1.54, 1.807) is 13.2 Å². The number of halogens is 1. The Morgan fingerprint density at radius 3 is 2.48 bits per heavy atom. The highest BCUT2D eigenvalue weighted by Gasteiger charge is 2.19. The fourth-order valence-corrected chi connectivity index (χ4v) is 2.49. The molecule has 2 aromatic carbocycles. The summed E-state index contributed by atoms with van der Waals surface area (Å²) in [6.45, 7) is 2.38. The van der Waals surface area contributed by atoms with E-state index in [9.17, 15) is 9.18 Å². The van der Waals surface area contributed by atoms with Crippen molar-refractivity contribution in [1.29, 1.82) is 0 Å². The van der Waals surface area contributed by atoms with Gasteiger partial charge >= 0.3 is 0 Å². The van der Waals surface area contributed by atoms with Gasteiger partial charge in [-0.1, -0.05) is 18.2 Å². The highest BCUT2D eigenvalue weighted by Crippen LogP contribution is 2.24. The molecule has 0 radical (unpaired) electrons. The molecule has 5 heteroatoms. The van der Waals surface area contributed by atoms with Crippen LogP contribution in [0.3, 0.4) is 0 Å². The Morgan fingerprint density at radius 2 is 1.91 bits per heavy atom. The molecule has 1 heterocycles. The van der Waals surface area contributed by atoms with Crippen molar-refractivity contribution in [3.63, 3.8) is 0 Å². The number of hydrogen-bond acceptors (Lipinski definition) is 3. The van der Waals surface area contributed by atoms with Gasteiger partial charge in [-0.05, 0) is 35.4 Å². The number of carbonyl (C=O) groups is 1. The zero-order chi connectivity index (χ0) is 16.2. The van der Waals surface area contributed by atoms with Gasteiger partial charge < -0.3 is 15.4 Å². The Bertz CT molecular complexity index is 697. The molecule has 3 rings (SSSR count). The van der Waals surface area contributed by atoms with Crippen LogP contribution < -0.4 is 15.4 Å². The summed E-state index contributed by atoms with van der Waals surface area (Å²) in [7, 11) is 1.60.